The molecule has 1 unspecified atom stereocenters. The molecule has 0 saturated heterocycles. The van der Waals surface area contributed by atoms with Crippen LogP contribution in [0.25, 0.3) is 0 Å². The van der Waals surface area contributed by atoms with E-state index in [4.69, 9.17) is 37.4 Å². The highest BCUT2D eigenvalue weighted by atomic mass is 79.9. The third kappa shape index (κ3) is 5.14. The van der Waals surface area contributed by atoms with Gasteiger partial charge in [0.05, 0.1) is 17.2 Å². The van der Waals surface area contributed by atoms with E-state index in [1.165, 1.54) is 17.9 Å². The summed E-state index contributed by atoms with van der Waals surface area (Å²) in [5.41, 5.74) is 2.35. The van der Waals surface area contributed by atoms with Gasteiger partial charge in [0, 0.05) is 21.3 Å². The summed E-state index contributed by atoms with van der Waals surface area (Å²) in [5, 5.41) is 15.9. The van der Waals surface area contributed by atoms with Crippen LogP contribution in [0, 0.1) is 0 Å². The smallest absolute Gasteiger partial charge is 0.338 e. The van der Waals surface area contributed by atoms with Gasteiger partial charge in [-0.15, -0.1) is 0 Å². The molecule has 1 aliphatic rings. The minimum absolute atomic E-state index is 0.0673. The number of fused-ring (bicyclic) bond motifs is 1. The third-order valence-electron chi connectivity index (χ3n) is 5.22. The maximum atomic E-state index is 13.0. The summed E-state index contributed by atoms with van der Waals surface area (Å²) in [5.74, 6) is 0.767. The molecule has 0 fully saturated rings. The van der Waals surface area contributed by atoms with Crippen LogP contribution in [-0.2, 0) is 16.1 Å². The lowest BCUT2D eigenvalue weighted by molar-refractivity contribution is -0.138. The number of benzene rings is 2. The number of halogens is 3. The molecule has 3 aromatic rings. The van der Waals surface area contributed by atoms with E-state index in [2.05, 4.69) is 43.4 Å². The molecule has 0 radical (unpaired) electrons. The van der Waals surface area contributed by atoms with Gasteiger partial charge in [-0.2, -0.15) is 4.68 Å². The lowest BCUT2D eigenvalue weighted by Crippen LogP contribution is -2.29. The van der Waals surface area contributed by atoms with Crippen LogP contribution in [0.1, 0.15) is 24.1 Å². The number of methoxy groups -OCH3 is 1. The molecule has 1 aliphatic heterocycles. The number of allylic oxidation sites excluding steroid dienone is 1. The van der Waals surface area contributed by atoms with Gasteiger partial charge < -0.3 is 19.5 Å². The molecule has 182 valence electrons. The van der Waals surface area contributed by atoms with Crippen LogP contribution in [0.3, 0.4) is 0 Å². The van der Waals surface area contributed by atoms with E-state index in [9.17, 15) is 4.79 Å². The molecule has 2 aromatic carbocycles. The quantitative estimate of drug-likeness (QED) is 0.281. The zero-order valence-electron chi connectivity index (χ0n) is 18.7. The molecule has 0 aliphatic carbocycles. The first-order valence-electron chi connectivity index (χ1n) is 10.3. The molecule has 12 heteroatoms. The zero-order chi connectivity index (χ0) is 25.1. The molecule has 2 heterocycles. The number of tetrazole rings is 1. The van der Waals surface area contributed by atoms with Crippen molar-refractivity contribution in [3.63, 3.8) is 0 Å². The second kappa shape index (κ2) is 10.7. The van der Waals surface area contributed by atoms with Crippen molar-refractivity contribution in [1.29, 1.82) is 0 Å². The summed E-state index contributed by atoms with van der Waals surface area (Å²) in [6.07, 6.45) is 1.50. The van der Waals surface area contributed by atoms with Gasteiger partial charge in [-0.05, 0) is 63.1 Å². The Bertz CT molecular complexity index is 1330. The van der Waals surface area contributed by atoms with Gasteiger partial charge in [-0.25, -0.2) is 4.79 Å². The van der Waals surface area contributed by atoms with Crippen molar-refractivity contribution in [2.24, 2.45) is 0 Å². The number of nitrogens with one attached hydrogen (secondary N) is 1. The van der Waals surface area contributed by atoms with E-state index in [-0.39, 0.29) is 13.2 Å². The lowest BCUT2D eigenvalue weighted by atomic mass is 9.95. The number of aromatic nitrogens is 4. The normalized spacial score (nSPS) is 14.7. The molecule has 0 bridgehead atoms. The Balaban J connectivity index is 1.72. The number of ether oxygens (including phenoxy) is 3. The topological polar surface area (TPSA) is 100 Å². The van der Waals surface area contributed by atoms with Crippen molar-refractivity contribution in [3.05, 3.63) is 79.9 Å². The minimum atomic E-state index is -0.677. The van der Waals surface area contributed by atoms with Crippen LogP contribution in [0.5, 0.6) is 11.5 Å². The first-order chi connectivity index (χ1) is 16.8. The van der Waals surface area contributed by atoms with E-state index in [1.807, 2.05) is 6.07 Å². The van der Waals surface area contributed by atoms with Crippen molar-refractivity contribution >= 4 is 51.0 Å². The first kappa shape index (κ1) is 25.0. The summed E-state index contributed by atoms with van der Waals surface area (Å²) >= 11 is 15.8. The number of carbonyl (C=O) groups excluding carboxylic acids is 1. The molecule has 0 spiro atoms. The van der Waals surface area contributed by atoms with E-state index in [1.54, 1.807) is 31.2 Å². The van der Waals surface area contributed by atoms with Crippen molar-refractivity contribution < 1.29 is 19.0 Å². The predicted octanol–water partition coefficient (Wildman–Crippen LogP) is 5.35. The maximum Gasteiger partial charge on any atom is 0.338 e. The molecule has 9 nitrogen and oxygen atoms in total. The number of carbonyl (C=O) groups is 1. The van der Waals surface area contributed by atoms with Crippen molar-refractivity contribution in [3.8, 4) is 11.5 Å². The Hall–Kier alpha value is -3.08. The largest absolute Gasteiger partial charge is 0.493 e. The second-order valence-corrected chi connectivity index (χ2v) is 9.16. The Labute approximate surface area is 219 Å². The molecule has 0 saturated carbocycles. The second-order valence-electron chi connectivity index (χ2n) is 7.46. The number of nitrogens with zero attached hydrogens (tertiary/aromatic N) is 4. The van der Waals surface area contributed by atoms with Crippen LogP contribution in [-0.4, -0.2) is 39.9 Å². The Kier molecular flexibility index (Phi) is 7.63. The van der Waals surface area contributed by atoms with Gasteiger partial charge in [-0.3, -0.25) is 0 Å². The number of esters is 1. The monoisotopic (exact) mass is 579 g/mol. The number of rotatable bonds is 8. The zero-order valence-corrected chi connectivity index (χ0v) is 21.8. The van der Waals surface area contributed by atoms with E-state index < -0.39 is 12.0 Å². The molecule has 4 rings (SSSR count). The number of anilines is 1. The van der Waals surface area contributed by atoms with Gasteiger partial charge in [0.25, 0.3) is 0 Å². The van der Waals surface area contributed by atoms with Gasteiger partial charge >= 0.3 is 5.97 Å². The van der Waals surface area contributed by atoms with Crippen LogP contribution in [0.2, 0.25) is 10.0 Å². The van der Waals surface area contributed by atoms with Crippen LogP contribution >= 0.6 is 39.1 Å². The standard InChI is InChI=1S/C23H20BrCl2N5O4/c1-4-7-34-22(32)19-12(2)27-23-28-29-30-31(23)20(19)14-8-16(24)21(18(9-14)33-3)35-11-13-5-6-15(25)10-17(13)26/h4-6,8-10,20H,1,7,11H2,2-3H3,(H,27,28,30). The summed E-state index contributed by atoms with van der Waals surface area (Å²) in [7, 11) is 1.53. The molecular formula is C23H20BrCl2N5O4. The fraction of sp³-hybridized carbons (Fsp3) is 0.217. The van der Waals surface area contributed by atoms with Crippen molar-refractivity contribution in [2.45, 2.75) is 19.6 Å². The minimum Gasteiger partial charge on any atom is -0.493 e. The maximum absolute atomic E-state index is 13.0. The average molecular weight is 581 g/mol. The summed E-state index contributed by atoms with van der Waals surface area (Å²) in [6.45, 7) is 5.61. The van der Waals surface area contributed by atoms with Crippen molar-refractivity contribution in [1.82, 2.24) is 20.2 Å². The van der Waals surface area contributed by atoms with Crippen LogP contribution in [0.15, 0.2) is 58.7 Å². The number of hydrogen-bond acceptors (Lipinski definition) is 8. The van der Waals surface area contributed by atoms with Gasteiger partial charge in [0.2, 0.25) is 5.95 Å². The Morgan fingerprint density at radius 2 is 2.11 bits per heavy atom. The van der Waals surface area contributed by atoms with Gasteiger partial charge in [0.1, 0.15) is 19.3 Å². The summed E-state index contributed by atoms with van der Waals surface area (Å²) < 4.78 is 19.1. The third-order valence-corrected chi connectivity index (χ3v) is 6.40. The SMILES string of the molecule is C=CCOC(=O)C1=C(C)Nc2nnnn2C1c1cc(Br)c(OCc2ccc(Cl)cc2Cl)c(OC)c1. The van der Waals surface area contributed by atoms with E-state index >= 15 is 0 Å². The van der Waals surface area contributed by atoms with Gasteiger partial charge in [0.15, 0.2) is 11.5 Å². The Morgan fingerprint density at radius 1 is 1.31 bits per heavy atom. The molecule has 0 amide bonds. The highest BCUT2D eigenvalue weighted by Gasteiger charge is 2.36. The number of hydrogen-bond donors (Lipinski definition) is 1. The van der Waals surface area contributed by atoms with E-state index in [0.717, 1.165) is 5.56 Å². The Morgan fingerprint density at radius 3 is 2.83 bits per heavy atom. The molecular weight excluding hydrogens is 561 g/mol. The highest BCUT2D eigenvalue weighted by molar-refractivity contribution is 9.10. The summed E-state index contributed by atoms with van der Waals surface area (Å²) in [4.78, 5) is 13.0. The fourth-order valence-corrected chi connectivity index (χ4v) is 4.66. The molecule has 1 N–H and O–H groups in total. The predicted molar refractivity (Wildman–Crippen MR) is 135 cm³/mol. The van der Waals surface area contributed by atoms with Crippen LogP contribution < -0.4 is 14.8 Å². The van der Waals surface area contributed by atoms with Gasteiger partial charge in [-0.1, -0.05) is 47.0 Å². The fourth-order valence-electron chi connectivity index (χ4n) is 3.62. The highest BCUT2D eigenvalue weighted by Crippen LogP contribution is 2.43. The summed E-state index contributed by atoms with van der Waals surface area (Å²) in [6, 6.07) is 8.09. The first-order valence-corrected chi connectivity index (χ1v) is 11.9. The molecule has 1 aromatic heterocycles. The van der Waals surface area contributed by atoms with E-state index in [0.29, 0.717) is 48.8 Å². The van der Waals surface area contributed by atoms with Crippen molar-refractivity contribution in [2.75, 3.05) is 19.0 Å². The lowest BCUT2D eigenvalue weighted by Gasteiger charge is -2.28. The molecule has 35 heavy (non-hydrogen) atoms. The molecule has 1 atom stereocenters. The van der Waals surface area contributed by atoms with Crippen LogP contribution in [0.4, 0.5) is 5.95 Å². The average Bonchev–Trinajstić information content (AvgIpc) is 3.29.